The number of fused-ring (bicyclic) bond motifs is 3. The summed E-state index contributed by atoms with van der Waals surface area (Å²) in [6.07, 6.45) is 9.48. The van der Waals surface area contributed by atoms with E-state index in [1.165, 1.54) is 5.57 Å². The van der Waals surface area contributed by atoms with Crippen molar-refractivity contribution in [3.63, 3.8) is 0 Å². The lowest BCUT2D eigenvalue weighted by atomic mass is 9.54. The lowest BCUT2D eigenvalue weighted by Gasteiger charge is -2.48. The summed E-state index contributed by atoms with van der Waals surface area (Å²) in [6.45, 7) is 5.79. The van der Waals surface area contributed by atoms with Crippen molar-refractivity contribution in [2.45, 2.75) is 75.8 Å². The van der Waals surface area contributed by atoms with Gasteiger partial charge in [-0.05, 0) is 49.5 Å². The van der Waals surface area contributed by atoms with E-state index < -0.39 is 0 Å². The minimum absolute atomic E-state index is 0.0557. The highest BCUT2D eigenvalue weighted by Gasteiger charge is 2.79. The molecule has 0 amide bonds. The van der Waals surface area contributed by atoms with E-state index in [-0.39, 0.29) is 28.3 Å². The number of rotatable bonds is 0. The summed E-state index contributed by atoms with van der Waals surface area (Å²) in [5.74, 6) is 1.40. The number of carbonyl (C=O) groups is 1. The van der Waals surface area contributed by atoms with Crippen LogP contribution >= 0.6 is 0 Å². The van der Waals surface area contributed by atoms with Crippen LogP contribution in [0.5, 0.6) is 0 Å². The van der Waals surface area contributed by atoms with Gasteiger partial charge in [0.05, 0.1) is 13.2 Å². The molecule has 0 aromatic carbocycles. The molecule has 0 N–H and O–H groups in total. The Hall–Kier alpha value is -0.710. The van der Waals surface area contributed by atoms with Crippen LogP contribution in [0.2, 0.25) is 0 Å². The van der Waals surface area contributed by atoms with E-state index in [0.717, 1.165) is 58.2 Å². The molecule has 3 saturated carbocycles. The Morgan fingerprint density at radius 3 is 2.76 bits per heavy atom. The van der Waals surface area contributed by atoms with Crippen molar-refractivity contribution < 1.29 is 19.0 Å². The lowest BCUT2D eigenvalue weighted by molar-refractivity contribution is -0.185. The van der Waals surface area contributed by atoms with E-state index in [4.69, 9.17) is 14.2 Å². The second kappa shape index (κ2) is 4.40. The maximum atomic E-state index is 12.8. The van der Waals surface area contributed by atoms with Gasteiger partial charge in [0.25, 0.3) is 0 Å². The van der Waals surface area contributed by atoms with Crippen LogP contribution in [0.3, 0.4) is 0 Å². The Kier molecular flexibility index (Phi) is 2.70. The van der Waals surface area contributed by atoms with E-state index in [1.54, 1.807) is 0 Å². The van der Waals surface area contributed by atoms with Crippen LogP contribution in [0.15, 0.2) is 11.6 Å². The Morgan fingerprint density at radius 2 is 1.96 bits per heavy atom. The van der Waals surface area contributed by atoms with E-state index >= 15 is 0 Å². The van der Waals surface area contributed by atoms with Crippen LogP contribution in [-0.4, -0.2) is 36.0 Å². The number of Topliss-reactive ketones (excluding diaryl/α,β-unsaturated/α-hetero) is 1. The van der Waals surface area contributed by atoms with Gasteiger partial charge in [-0.15, -0.1) is 0 Å². The smallest absolute Gasteiger partial charge is 0.171 e. The Balaban J connectivity index is 1.36. The van der Waals surface area contributed by atoms with Crippen LogP contribution in [0, 0.1) is 23.2 Å². The maximum absolute atomic E-state index is 12.8. The normalized spacial score (nSPS) is 55.2. The third-order valence-corrected chi connectivity index (χ3v) is 8.68. The first-order valence-electron chi connectivity index (χ1n) is 10.2. The molecular formula is C21H28O4. The summed E-state index contributed by atoms with van der Waals surface area (Å²) in [6, 6.07) is 0. The monoisotopic (exact) mass is 344 g/mol. The summed E-state index contributed by atoms with van der Waals surface area (Å²) in [5, 5.41) is 0. The fraction of sp³-hybridized carbons (Fsp3) is 0.857. The molecule has 6 rings (SSSR count). The molecule has 0 bridgehead atoms. The summed E-state index contributed by atoms with van der Waals surface area (Å²) in [7, 11) is 0. The van der Waals surface area contributed by atoms with E-state index in [9.17, 15) is 4.79 Å². The van der Waals surface area contributed by atoms with Gasteiger partial charge in [-0.1, -0.05) is 19.9 Å². The van der Waals surface area contributed by atoms with E-state index in [0.29, 0.717) is 17.6 Å². The molecule has 6 aliphatic rings. The minimum atomic E-state index is -0.381. The molecule has 4 heteroatoms. The third-order valence-electron chi connectivity index (χ3n) is 8.68. The van der Waals surface area contributed by atoms with Gasteiger partial charge in [0.2, 0.25) is 0 Å². The molecule has 0 aromatic rings. The van der Waals surface area contributed by atoms with Crippen LogP contribution in [0.1, 0.15) is 58.8 Å². The van der Waals surface area contributed by atoms with E-state index in [2.05, 4.69) is 19.9 Å². The summed E-state index contributed by atoms with van der Waals surface area (Å²) >= 11 is 0. The molecule has 2 unspecified atom stereocenters. The van der Waals surface area contributed by atoms with Crippen LogP contribution < -0.4 is 0 Å². The predicted molar refractivity (Wildman–Crippen MR) is 90.8 cm³/mol. The molecular weight excluding hydrogens is 316 g/mol. The average molecular weight is 344 g/mol. The topological polar surface area (TPSA) is 48.1 Å². The van der Waals surface area contributed by atoms with Gasteiger partial charge in [0, 0.05) is 24.2 Å². The average Bonchev–Trinajstić information content (AvgIpc) is 2.98. The van der Waals surface area contributed by atoms with Gasteiger partial charge >= 0.3 is 0 Å². The molecule has 25 heavy (non-hydrogen) atoms. The van der Waals surface area contributed by atoms with E-state index in [1.807, 2.05) is 0 Å². The fourth-order valence-electron chi connectivity index (χ4n) is 7.46. The fourth-order valence-corrected chi connectivity index (χ4v) is 7.46. The zero-order chi connectivity index (χ0) is 17.1. The van der Waals surface area contributed by atoms with Gasteiger partial charge in [0.1, 0.15) is 17.0 Å². The SMILES string of the molecule is C[C@@H]1CC2C3CC[C@@]45CC6(CC[C@@]4(O5)C3=CC[C@]2(C)C1=O)OCCO6. The lowest BCUT2D eigenvalue weighted by Crippen LogP contribution is -2.51. The first kappa shape index (κ1) is 15.4. The zero-order valence-electron chi connectivity index (χ0n) is 15.3. The van der Waals surface area contributed by atoms with Crippen molar-refractivity contribution >= 4 is 5.78 Å². The molecule has 2 saturated heterocycles. The van der Waals surface area contributed by atoms with Gasteiger partial charge < -0.3 is 14.2 Å². The first-order valence-corrected chi connectivity index (χ1v) is 10.2. The number of carbonyl (C=O) groups excluding carboxylic acids is 1. The number of allylic oxidation sites excluding steroid dienone is 1. The van der Waals surface area contributed by atoms with Gasteiger partial charge in [-0.2, -0.15) is 0 Å². The molecule has 0 radical (unpaired) electrons. The Bertz CT molecular complexity index is 692. The second-order valence-corrected chi connectivity index (χ2v) is 9.74. The second-order valence-electron chi connectivity index (χ2n) is 9.74. The largest absolute Gasteiger partial charge is 0.358 e. The third kappa shape index (κ3) is 1.64. The number of ether oxygens (including phenoxy) is 3. The number of epoxide rings is 1. The zero-order valence-corrected chi connectivity index (χ0v) is 15.3. The van der Waals surface area contributed by atoms with Crippen molar-refractivity contribution in [1.82, 2.24) is 0 Å². The number of ketones is 1. The highest BCUT2D eigenvalue weighted by molar-refractivity contribution is 5.89. The number of hydrogen-bond donors (Lipinski definition) is 0. The highest BCUT2D eigenvalue weighted by Crippen LogP contribution is 2.73. The Labute approximate surface area is 149 Å². The summed E-state index contributed by atoms with van der Waals surface area (Å²) in [5.41, 5.74) is 1.29. The molecule has 6 atom stereocenters. The van der Waals surface area contributed by atoms with Crippen LogP contribution in [0.4, 0.5) is 0 Å². The molecule has 4 aliphatic carbocycles. The minimum Gasteiger partial charge on any atom is -0.358 e. The van der Waals surface area contributed by atoms with Gasteiger partial charge in [0.15, 0.2) is 5.79 Å². The van der Waals surface area contributed by atoms with Crippen molar-refractivity contribution in [3.05, 3.63) is 11.6 Å². The standard InChI is InChI=1S/C21H28O4/c1-13-11-16-14-3-6-19-12-20(23-9-10-24-20)7-8-21(19,25-19)15(14)4-5-18(16,2)17(13)22/h4,13-14,16H,3,5-12H2,1-2H3/t13-,14?,16?,18+,19-,21-/m1/s1. The molecule has 1 spiro atoms. The molecule has 2 heterocycles. The summed E-state index contributed by atoms with van der Waals surface area (Å²) in [4.78, 5) is 12.8. The molecule has 136 valence electrons. The molecule has 0 aromatic heterocycles. The van der Waals surface area contributed by atoms with Gasteiger partial charge in [-0.25, -0.2) is 0 Å². The Morgan fingerprint density at radius 1 is 1.16 bits per heavy atom. The van der Waals surface area contributed by atoms with Crippen molar-refractivity contribution in [2.24, 2.45) is 23.2 Å². The van der Waals surface area contributed by atoms with Crippen molar-refractivity contribution in [3.8, 4) is 0 Å². The molecule has 5 fully saturated rings. The predicted octanol–water partition coefficient (Wildman–Crippen LogP) is 3.39. The molecule has 4 nitrogen and oxygen atoms in total. The van der Waals surface area contributed by atoms with Crippen LogP contribution in [0.25, 0.3) is 0 Å². The quantitative estimate of drug-likeness (QED) is 0.499. The van der Waals surface area contributed by atoms with Crippen LogP contribution in [-0.2, 0) is 19.0 Å². The van der Waals surface area contributed by atoms with Crippen molar-refractivity contribution in [1.29, 1.82) is 0 Å². The van der Waals surface area contributed by atoms with Crippen molar-refractivity contribution in [2.75, 3.05) is 13.2 Å². The number of hydrogen-bond acceptors (Lipinski definition) is 4. The van der Waals surface area contributed by atoms with Gasteiger partial charge in [-0.3, -0.25) is 4.79 Å². The summed E-state index contributed by atoms with van der Waals surface area (Å²) < 4.78 is 18.6. The maximum Gasteiger partial charge on any atom is 0.171 e. The first-order chi connectivity index (χ1) is 11.9. The molecule has 2 aliphatic heterocycles. The highest BCUT2D eigenvalue weighted by atomic mass is 16.7.